The largest absolute Gasteiger partial charge is 0.458 e. The van der Waals surface area contributed by atoms with Crippen molar-refractivity contribution < 1.29 is 18.8 Å². The van der Waals surface area contributed by atoms with Crippen LogP contribution in [0.15, 0.2) is 15.6 Å². The lowest BCUT2D eigenvalue weighted by atomic mass is 9.72. The fourth-order valence-corrected chi connectivity index (χ4v) is 7.88. The molecule has 1 amide bonds. The Hall–Kier alpha value is -4.29. The van der Waals surface area contributed by atoms with Crippen LogP contribution in [-0.4, -0.2) is 119 Å². The van der Waals surface area contributed by atoms with Crippen molar-refractivity contribution in [3.63, 3.8) is 0 Å². The average Bonchev–Trinajstić information content (AvgIpc) is 3.78. The highest BCUT2D eigenvalue weighted by Crippen LogP contribution is 2.50. The SMILES string of the molecule is C[C@H]1[C@@H](Oc2nc(-c3noc([C@@]4(C)CCCc5sc(/N=C/N(C)C)c(C#N)c54)n3)cc(N3CCN(C(=O)OC(C)(C)C)CC3)n2)CCN1C. The summed E-state index contributed by atoms with van der Waals surface area (Å²) in [5, 5.41) is 15.4. The van der Waals surface area contributed by atoms with Crippen LogP contribution >= 0.6 is 11.3 Å². The first kappa shape index (κ1) is 34.6. The molecule has 0 N–H and O–H groups in total. The molecule has 0 bridgehead atoms. The Kier molecular flexibility index (Phi) is 9.56. The van der Waals surface area contributed by atoms with Gasteiger partial charge in [-0.25, -0.2) is 9.79 Å². The second kappa shape index (κ2) is 13.5. The summed E-state index contributed by atoms with van der Waals surface area (Å²) in [6, 6.07) is 4.72. The molecule has 15 heteroatoms. The van der Waals surface area contributed by atoms with E-state index >= 15 is 0 Å². The van der Waals surface area contributed by atoms with Crippen molar-refractivity contribution in [1.29, 1.82) is 5.26 Å². The third kappa shape index (κ3) is 7.21. The number of thiophene rings is 1. The molecule has 3 aromatic rings. The Labute approximate surface area is 291 Å². The van der Waals surface area contributed by atoms with Crippen molar-refractivity contribution in [2.45, 2.75) is 83.5 Å². The van der Waals surface area contributed by atoms with Crippen molar-refractivity contribution >= 4 is 34.6 Å². The van der Waals surface area contributed by atoms with Gasteiger partial charge in [0, 0.05) is 69.4 Å². The van der Waals surface area contributed by atoms with Gasteiger partial charge in [0.15, 0.2) is 0 Å². The molecule has 0 unspecified atom stereocenters. The van der Waals surface area contributed by atoms with E-state index in [1.165, 1.54) is 0 Å². The molecule has 262 valence electrons. The quantitative estimate of drug-likeness (QED) is 0.246. The van der Waals surface area contributed by atoms with E-state index in [9.17, 15) is 10.1 Å². The Balaban J connectivity index is 1.32. The number of piperazine rings is 1. The summed E-state index contributed by atoms with van der Waals surface area (Å²) >= 11 is 1.55. The standard InChI is InChI=1S/C34H46N10O4S/c1-21-24(11-13-42(21)8)46-31-37-23(18-26(38-31)43-14-16-44(17-15-43)32(45)47-33(2,3)4)28-39-30(48-40-28)34(5)12-9-10-25-27(34)22(19-35)29(49-25)36-20-41(6)7/h18,20-21,24H,9-17H2,1-8H3/b36-20+/t21-,24-,34-/m0/s1. The Morgan fingerprint density at radius 2 is 1.96 bits per heavy atom. The molecule has 2 saturated heterocycles. The molecule has 0 aromatic carbocycles. The van der Waals surface area contributed by atoms with Crippen molar-refractivity contribution in [1.82, 2.24) is 34.8 Å². The van der Waals surface area contributed by atoms with Crippen LogP contribution in [0.3, 0.4) is 0 Å². The van der Waals surface area contributed by atoms with Gasteiger partial charge in [-0.05, 0) is 67.3 Å². The van der Waals surface area contributed by atoms with Crippen LogP contribution in [0.5, 0.6) is 6.01 Å². The third-order valence-corrected chi connectivity index (χ3v) is 10.6. The number of likely N-dealkylation sites (tertiary alicyclic amines) is 1. The summed E-state index contributed by atoms with van der Waals surface area (Å²) in [6.45, 7) is 12.8. The number of carbonyl (C=O) groups is 1. The fourth-order valence-electron chi connectivity index (χ4n) is 6.62. The lowest BCUT2D eigenvalue weighted by Gasteiger charge is -2.36. The molecular formula is C34H46N10O4S. The van der Waals surface area contributed by atoms with Gasteiger partial charge in [0.25, 0.3) is 0 Å². The highest BCUT2D eigenvalue weighted by molar-refractivity contribution is 7.16. The molecular weight excluding hydrogens is 645 g/mol. The molecule has 0 spiro atoms. The molecule has 2 fully saturated rings. The van der Waals surface area contributed by atoms with E-state index in [0.717, 1.165) is 42.7 Å². The van der Waals surface area contributed by atoms with Gasteiger partial charge in [0.1, 0.15) is 34.3 Å². The molecule has 1 aliphatic carbocycles. The van der Waals surface area contributed by atoms with Gasteiger partial charge in [-0.2, -0.15) is 20.2 Å². The van der Waals surface area contributed by atoms with Crippen LogP contribution in [0.2, 0.25) is 0 Å². The minimum absolute atomic E-state index is 0.0649. The first-order valence-electron chi connectivity index (χ1n) is 16.9. The predicted octanol–water partition coefficient (Wildman–Crippen LogP) is 4.85. The number of carbonyl (C=O) groups excluding carboxylic acids is 1. The maximum Gasteiger partial charge on any atom is 0.410 e. The number of anilines is 1. The number of nitrogens with zero attached hydrogens (tertiary/aromatic N) is 10. The van der Waals surface area contributed by atoms with Crippen LogP contribution in [0, 0.1) is 11.3 Å². The molecule has 3 aromatic heterocycles. The lowest BCUT2D eigenvalue weighted by molar-refractivity contribution is 0.0240. The number of likely N-dealkylation sites (N-methyl/N-ethyl adjacent to an activating group) is 1. The number of nitriles is 1. The highest BCUT2D eigenvalue weighted by Gasteiger charge is 2.43. The van der Waals surface area contributed by atoms with E-state index in [2.05, 4.69) is 46.9 Å². The number of hydrogen-bond donors (Lipinski definition) is 0. The molecule has 3 aliphatic rings. The normalized spacial score (nSPS) is 23.1. The molecule has 6 rings (SSSR count). The van der Waals surface area contributed by atoms with Gasteiger partial charge < -0.3 is 28.7 Å². The van der Waals surface area contributed by atoms with E-state index < -0.39 is 11.0 Å². The smallest absolute Gasteiger partial charge is 0.410 e. The molecule has 0 saturated carbocycles. The number of fused-ring (bicyclic) bond motifs is 1. The van der Waals surface area contributed by atoms with E-state index in [-0.39, 0.29) is 24.2 Å². The van der Waals surface area contributed by atoms with Gasteiger partial charge in [-0.1, -0.05) is 5.16 Å². The van der Waals surface area contributed by atoms with Crippen molar-refractivity contribution in [3.05, 3.63) is 28.0 Å². The minimum atomic E-state index is -0.663. The maximum atomic E-state index is 12.7. The first-order valence-corrected chi connectivity index (χ1v) is 17.7. The average molecular weight is 691 g/mol. The molecule has 5 heterocycles. The summed E-state index contributed by atoms with van der Waals surface area (Å²) in [6.07, 6.45) is 4.74. The number of aromatic nitrogens is 4. The second-order valence-corrected chi connectivity index (χ2v) is 15.6. The first-order chi connectivity index (χ1) is 23.3. The molecule has 49 heavy (non-hydrogen) atoms. The third-order valence-electron chi connectivity index (χ3n) is 9.44. The maximum absolute atomic E-state index is 12.7. The minimum Gasteiger partial charge on any atom is -0.458 e. The number of aliphatic imine (C=N–C) groups is 1. The van der Waals surface area contributed by atoms with E-state index in [1.54, 1.807) is 22.6 Å². The molecule has 0 radical (unpaired) electrons. The summed E-state index contributed by atoms with van der Waals surface area (Å²) in [5.74, 6) is 1.41. The monoisotopic (exact) mass is 690 g/mol. The zero-order chi connectivity index (χ0) is 35.1. The highest BCUT2D eigenvalue weighted by atomic mass is 32.1. The molecule has 14 nitrogen and oxygen atoms in total. The zero-order valence-corrected chi connectivity index (χ0v) is 30.5. The Morgan fingerprint density at radius 1 is 1.20 bits per heavy atom. The second-order valence-electron chi connectivity index (χ2n) is 14.5. The van der Waals surface area contributed by atoms with Crippen LogP contribution in [-0.2, 0) is 16.6 Å². The van der Waals surface area contributed by atoms with Crippen LogP contribution in [0.1, 0.15) is 75.8 Å². The van der Waals surface area contributed by atoms with E-state index in [0.29, 0.717) is 60.0 Å². The number of rotatable bonds is 7. The summed E-state index contributed by atoms with van der Waals surface area (Å²) in [4.78, 5) is 40.9. The number of aryl methyl sites for hydroxylation is 1. The number of ether oxygens (including phenoxy) is 2. The Bertz CT molecular complexity index is 1750. The van der Waals surface area contributed by atoms with Gasteiger partial charge in [-0.15, -0.1) is 11.3 Å². The van der Waals surface area contributed by atoms with E-state index in [1.807, 2.05) is 45.8 Å². The fraction of sp³-hybridized carbons (Fsp3) is 0.618. The van der Waals surface area contributed by atoms with Gasteiger partial charge >= 0.3 is 12.1 Å². The summed E-state index contributed by atoms with van der Waals surface area (Å²) < 4.78 is 18.0. The van der Waals surface area contributed by atoms with Crippen molar-refractivity contribution in [2.24, 2.45) is 4.99 Å². The van der Waals surface area contributed by atoms with Gasteiger partial charge in [0.05, 0.1) is 17.3 Å². The number of amides is 1. The molecule has 2 aliphatic heterocycles. The van der Waals surface area contributed by atoms with Crippen LogP contribution in [0.4, 0.5) is 15.6 Å². The topological polar surface area (TPSA) is 149 Å². The van der Waals surface area contributed by atoms with Crippen molar-refractivity contribution in [3.8, 4) is 23.6 Å². The molecule has 3 atom stereocenters. The zero-order valence-electron chi connectivity index (χ0n) is 29.7. The van der Waals surface area contributed by atoms with Gasteiger partial charge in [-0.3, -0.25) is 4.90 Å². The lowest BCUT2D eigenvalue weighted by Crippen LogP contribution is -2.50. The van der Waals surface area contributed by atoms with Crippen molar-refractivity contribution in [2.75, 3.05) is 58.8 Å². The van der Waals surface area contributed by atoms with E-state index in [4.69, 9.17) is 28.9 Å². The predicted molar refractivity (Wildman–Crippen MR) is 187 cm³/mol. The van der Waals surface area contributed by atoms with Crippen LogP contribution < -0.4 is 9.64 Å². The van der Waals surface area contributed by atoms with Gasteiger partial charge in [0.2, 0.25) is 11.7 Å². The Morgan fingerprint density at radius 3 is 2.61 bits per heavy atom. The number of hydrogen-bond acceptors (Lipinski definition) is 13. The van der Waals surface area contributed by atoms with Crippen LogP contribution in [0.25, 0.3) is 11.5 Å². The summed E-state index contributed by atoms with van der Waals surface area (Å²) in [7, 11) is 5.89. The summed E-state index contributed by atoms with van der Waals surface area (Å²) in [5.41, 5.74) is 0.729.